The van der Waals surface area contributed by atoms with Crippen molar-refractivity contribution in [3.8, 4) is 5.69 Å². The highest BCUT2D eigenvalue weighted by atomic mass is 32.2. The van der Waals surface area contributed by atoms with Crippen LogP contribution in [0.4, 0.5) is 11.4 Å². The summed E-state index contributed by atoms with van der Waals surface area (Å²) in [6.45, 7) is 1.38. The van der Waals surface area contributed by atoms with Crippen LogP contribution in [0.15, 0.2) is 59.8 Å². The van der Waals surface area contributed by atoms with Gasteiger partial charge in [-0.25, -0.2) is 13.1 Å². The smallest absolute Gasteiger partial charge is 0.261 e. The Bertz CT molecular complexity index is 967. The second kappa shape index (κ2) is 6.69. The number of aromatic nitrogens is 4. The van der Waals surface area contributed by atoms with Gasteiger partial charge in [0.15, 0.2) is 0 Å². The van der Waals surface area contributed by atoms with Gasteiger partial charge in [-0.3, -0.25) is 9.52 Å². The van der Waals surface area contributed by atoms with Gasteiger partial charge in [0.2, 0.25) is 5.91 Å². The van der Waals surface area contributed by atoms with E-state index in [4.69, 9.17) is 0 Å². The molecule has 0 fully saturated rings. The summed E-state index contributed by atoms with van der Waals surface area (Å²) in [4.78, 5) is 11.1. The first-order chi connectivity index (χ1) is 11.9. The minimum atomic E-state index is -3.74. The van der Waals surface area contributed by atoms with Gasteiger partial charge in [-0.1, -0.05) is 0 Å². The second-order valence-electron chi connectivity index (χ2n) is 5.11. The van der Waals surface area contributed by atoms with Gasteiger partial charge in [0.25, 0.3) is 10.0 Å². The molecule has 1 aromatic heterocycles. The topological polar surface area (TPSA) is 119 Å². The standard InChI is InChI=1S/C15H14N6O3S/c1-11(22)17-12-4-8-15(9-5-12)25(23,24)18-13-2-6-14(7-3-13)21-10-16-19-20-21/h2-10,18H,1H3,(H,17,22). The van der Waals surface area contributed by atoms with Crippen LogP contribution in [0.3, 0.4) is 0 Å². The van der Waals surface area contributed by atoms with Gasteiger partial charge in [0.1, 0.15) is 6.33 Å². The summed E-state index contributed by atoms with van der Waals surface area (Å²) in [5.74, 6) is -0.226. The van der Waals surface area contributed by atoms with Gasteiger partial charge >= 0.3 is 0 Å². The molecular formula is C15H14N6O3S. The van der Waals surface area contributed by atoms with Crippen molar-refractivity contribution < 1.29 is 13.2 Å². The van der Waals surface area contributed by atoms with E-state index < -0.39 is 10.0 Å². The van der Waals surface area contributed by atoms with Crippen LogP contribution < -0.4 is 10.0 Å². The Morgan fingerprint density at radius 3 is 2.20 bits per heavy atom. The Morgan fingerprint density at radius 1 is 1.00 bits per heavy atom. The van der Waals surface area contributed by atoms with Gasteiger partial charge in [-0.2, -0.15) is 0 Å². The van der Waals surface area contributed by atoms with Crippen LogP contribution in [0.5, 0.6) is 0 Å². The molecule has 2 N–H and O–H groups in total. The first-order valence-corrected chi connectivity index (χ1v) is 8.66. The fourth-order valence-electron chi connectivity index (χ4n) is 2.10. The van der Waals surface area contributed by atoms with E-state index in [2.05, 4.69) is 25.6 Å². The fourth-order valence-corrected chi connectivity index (χ4v) is 3.16. The number of rotatable bonds is 5. The first-order valence-electron chi connectivity index (χ1n) is 7.18. The van der Waals surface area contributed by atoms with E-state index >= 15 is 0 Å². The highest BCUT2D eigenvalue weighted by Crippen LogP contribution is 2.19. The maximum Gasteiger partial charge on any atom is 0.261 e. The van der Waals surface area contributed by atoms with E-state index in [1.165, 1.54) is 42.2 Å². The van der Waals surface area contributed by atoms with Crippen molar-refractivity contribution in [1.29, 1.82) is 0 Å². The molecule has 0 spiro atoms. The van der Waals surface area contributed by atoms with Crippen LogP contribution >= 0.6 is 0 Å². The highest BCUT2D eigenvalue weighted by molar-refractivity contribution is 7.92. The van der Waals surface area contributed by atoms with Crippen LogP contribution in [0, 0.1) is 0 Å². The number of hydrogen-bond acceptors (Lipinski definition) is 6. The molecule has 25 heavy (non-hydrogen) atoms. The monoisotopic (exact) mass is 358 g/mol. The molecule has 0 radical (unpaired) electrons. The van der Waals surface area contributed by atoms with Crippen LogP contribution in [-0.4, -0.2) is 34.5 Å². The lowest BCUT2D eigenvalue weighted by atomic mass is 10.3. The first kappa shape index (κ1) is 16.6. The lowest BCUT2D eigenvalue weighted by molar-refractivity contribution is -0.114. The fraction of sp³-hybridized carbons (Fsp3) is 0.0667. The molecule has 3 rings (SSSR count). The summed E-state index contributed by atoms with van der Waals surface area (Å²) >= 11 is 0. The summed E-state index contributed by atoms with van der Waals surface area (Å²) in [5.41, 5.74) is 1.63. The molecule has 0 aliphatic carbocycles. The highest BCUT2D eigenvalue weighted by Gasteiger charge is 2.14. The van der Waals surface area contributed by atoms with Crippen molar-refractivity contribution in [2.24, 2.45) is 0 Å². The van der Waals surface area contributed by atoms with Crippen LogP contribution in [0.2, 0.25) is 0 Å². The number of anilines is 2. The van der Waals surface area contributed by atoms with Crippen LogP contribution in [-0.2, 0) is 14.8 Å². The summed E-state index contributed by atoms with van der Waals surface area (Å²) in [6.07, 6.45) is 1.44. The molecule has 3 aromatic rings. The lowest BCUT2D eigenvalue weighted by Gasteiger charge is -2.09. The van der Waals surface area contributed by atoms with E-state index in [9.17, 15) is 13.2 Å². The Morgan fingerprint density at radius 2 is 1.64 bits per heavy atom. The lowest BCUT2D eigenvalue weighted by Crippen LogP contribution is -2.13. The average Bonchev–Trinajstić information content (AvgIpc) is 3.09. The van der Waals surface area contributed by atoms with Gasteiger partial charge in [-0.15, -0.1) is 5.10 Å². The van der Waals surface area contributed by atoms with Crippen molar-refractivity contribution in [2.45, 2.75) is 11.8 Å². The average molecular weight is 358 g/mol. The summed E-state index contributed by atoms with van der Waals surface area (Å²) < 4.78 is 28.8. The molecular weight excluding hydrogens is 344 g/mol. The molecule has 0 aliphatic rings. The number of benzene rings is 2. The van der Waals surface area contributed by atoms with Gasteiger partial charge in [0, 0.05) is 18.3 Å². The van der Waals surface area contributed by atoms with Gasteiger partial charge in [-0.05, 0) is 59.0 Å². The number of nitrogens with zero attached hydrogens (tertiary/aromatic N) is 4. The molecule has 1 heterocycles. The summed E-state index contributed by atoms with van der Waals surface area (Å²) in [7, 11) is -3.74. The van der Waals surface area contributed by atoms with E-state index in [0.717, 1.165) is 0 Å². The number of nitrogens with one attached hydrogen (secondary N) is 2. The normalized spacial score (nSPS) is 11.1. The van der Waals surface area contributed by atoms with Gasteiger partial charge < -0.3 is 5.32 Å². The Balaban J connectivity index is 1.75. The third-order valence-corrected chi connectivity index (χ3v) is 4.62. The number of carbonyl (C=O) groups is 1. The molecule has 0 saturated heterocycles. The Labute approximate surface area is 143 Å². The molecule has 0 atom stereocenters. The molecule has 9 nitrogen and oxygen atoms in total. The second-order valence-corrected chi connectivity index (χ2v) is 6.79. The molecule has 1 amide bonds. The minimum Gasteiger partial charge on any atom is -0.326 e. The molecule has 10 heteroatoms. The Hall–Kier alpha value is -3.27. The van der Waals surface area contributed by atoms with Crippen molar-refractivity contribution >= 4 is 27.3 Å². The zero-order chi connectivity index (χ0) is 17.9. The van der Waals surface area contributed by atoms with Crippen LogP contribution in [0.1, 0.15) is 6.92 Å². The number of sulfonamides is 1. The predicted molar refractivity (Wildman–Crippen MR) is 90.7 cm³/mol. The quantitative estimate of drug-likeness (QED) is 0.712. The van der Waals surface area contributed by atoms with Crippen molar-refractivity contribution in [1.82, 2.24) is 20.2 Å². The van der Waals surface area contributed by atoms with E-state index in [0.29, 0.717) is 17.1 Å². The van der Waals surface area contributed by atoms with Crippen molar-refractivity contribution in [3.63, 3.8) is 0 Å². The van der Waals surface area contributed by atoms with Crippen molar-refractivity contribution in [2.75, 3.05) is 10.0 Å². The summed E-state index contributed by atoms with van der Waals surface area (Å²) in [6, 6.07) is 12.5. The zero-order valence-corrected chi connectivity index (χ0v) is 13.9. The van der Waals surface area contributed by atoms with Gasteiger partial charge in [0.05, 0.1) is 10.6 Å². The number of tetrazole rings is 1. The van der Waals surface area contributed by atoms with Crippen molar-refractivity contribution in [3.05, 3.63) is 54.9 Å². The third kappa shape index (κ3) is 3.98. The van der Waals surface area contributed by atoms with E-state index in [-0.39, 0.29) is 10.8 Å². The molecule has 2 aromatic carbocycles. The van der Waals surface area contributed by atoms with E-state index in [1.807, 2.05) is 0 Å². The van der Waals surface area contributed by atoms with E-state index in [1.54, 1.807) is 24.3 Å². The van der Waals surface area contributed by atoms with Crippen LogP contribution in [0.25, 0.3) is 5.69 Å². The third-order valence-electron chi connectivity index (χ3n) is 3.22. The molecule has 0 aliphatic heterocycles. The number of hydrogen-bond donors (Lipinski definition) is 2. The molecule has 0 saturated carbocycles. The Kier molecular flexibility index (Phi) is 4.44. The number of carbonyl (C=O) groups excluding carboxylic acids is 1. The minimum absolute atomic E-state index is 0.0890. The zero-order valence-electron chi connectivity index (χ0n) is 13.1. The largest absolute Gasteiger partial charge is 0.326 e. The SMILES string of the molecule is CC(=O)Nc1ccc(S(=O)(=O)Nc2ccc(-n3cnnn3)cc2)cc1. The summed E-state index contributed by atoms with van der Waals surface area (Å²) in [5, 5.41) is 13.4. The maximum absolute atomic E-state index is 12.4. The predicted octanol–water partition coefficient (Wildman–Crippen LogP) is 1.42. The maximum atomic E-state index is 12.4. The molecule has 128 valence electrons. The molecule has 0 bridgehead atoms. The number of amides is 1. The molecule has 0 unspecified atom stereocenters.